The largest absolute Gasteiger partial charge is 0.289 e. The van der Waals surface area contributed by atoms with Crippen molar-refractivity contribution in [2.75, 3.05) is 0 Å². The van der Waals surface area contributed by atoms with E-state index >= 15 is 0 Å². The van der Waals surface area contributed by atoms with E-state index in [1.165, 1.54) is 0 Å². The van der Waals surface area contributed by atoms with Gasteiger partial charge >= 0.3 is 0 Å². The van der Waals surface area contributed by atoms with E-state index in [9.17, 15) is 0 Å². The molecule has 160 valence electrons. The highest BCUT2D eigenvalue weighted by atomic mass is 35.5. The van der Waals surface area contributed by atoms with Crippen LogP contribution >= 0.6 is 22.9 Å². The third kappa shape index (κ3) is 3.80. The number of nitrogens with one attached hydrogen (secondary N) is 1. The van der Waals surface area contributed by atoms with Crippen molar-refractivity contribution in [3.63, 3.8) is 0 Å². The molecule has 0 aliphatic heterocycles. The highest BCUT2D eigenvalue weighted by Gasteiger charge is 2.15. The van der Waals surface area contributed by atoms with Crippen molar-refractivity contribution in [1.82, 2.24) is 19.4 Å². The van der Waals surface area contributed by atoms with Crippen molar-refractivity contribution in [3.05, 3.63) is 112 Å². The summed E-state index contributed by atoms with van der Waals surface area (Å²) in [6, 6.07) is 32.1. The molecule has 0 amide bonds. The zero-order valence-corrected chi connectivity index (χ0v) is 19.0. The molecule has 1 N–H and O–H groups in total. The first-order chi connectivity index (χ1) is 16.2. The Bertz CT molecular complexity index is 1610. The Labute approximate surface area is 198 Å². The summed E-state index contributed by atoms with van der Waals surface area (Å²) >= 11 is 7.72. The summed E-state index contributed by atoms with van der Waals surface area (Å²) in [4.78, 5) is 5.65. The summed E-state index contributed by atoms with van der Waals surface area (Å²) in [6.07, 6.45) is 0. The zero-order chi connectivity index (χ0) is 22.2. The Morgan fingerprint density at radius 3 is 2.33 bits per heavy atom. The van der Waals surface area contributed by atoms with Crippen molar-refractivity contribution in [2.24, 2.45) is 4.99 Å². The zero-order valence-electron chi connectivity index (χ0n) is 17.4. The molecule has 3 aromatic carbocycles. The van der Waals surface area contributed by atoms with Gasteiger partial charge in [-0.1, -0.05) is 60.1 Å². The first-order valence-corrected chi connectivity index (χ1v) is 11.7. The molecule has 0 unspecified atom stereocenters. The molecule has 0 saturated heterocycles. The summed E-state index contributed by atoms with van der Waals surface area (Å²) in [5.41, 5.74) is 6.78. The topological polar surface area (TPSA) is 50.4 Å². The second kappa shape index (κ2) is 8.24. The lowest BCUT2D eigenvalue weighted by molar-refractivity contribution is 0.881. The van der Waals surface area contributed by atoms with Crippen LogP contribution in [0.2, 0.25) is 5.02 Å². The normalized spacial score (nSPS) is 12.0. The van der Waals surface area contributed by atoms with Crippen LogP contribution in [0.25, 0.3) is 33.8 Å². The molecular formula is C26H18ClN5S. The number of nitrogens with zero attached hydrogens (tertiary/aromatic N) is 4. The number of hydrogen-bond acceptors (Lipinski definition) is 3. The molecule has 0 bridgehead atoms. The lowest BCUT2D eigenvalue weighted by Crippen LogP contribution is -2.06. The fourth-order valence-corrected chi connectivity index (χ4v) is 4.71. The lowest BCUT2D eigenvalue weighted by Gasteiger charge is -2.07. The molecule has 0 spiro atoms. The van der Waals surface area contributed by atoms with Gasteiger partial charge in [0.25, 0.3) is 0 Å². The van der Waals surface area contributed by atoms with Crippen LogP contribution in [-0.4, -0.2) is 19.4 Å². The van der Waals surface area contributed by atoms with E-state index in [-0.39, 0.29) is 0 Å². The van der Waals surface area contributed by atoms with Gasteiger partial charge in [-0.15, -0.1) is 11.3 Å². The number of para-hydroxylation sites is 1. The summed E-state index contributed by atoms with van der Waals surface area (Å²) in [5, 5.41) is 11.2. The van der Waals surface area contributed by atoms with Crippen molar-refractivity contribution in [3.8, 4) is 28.3 Å². The summed E-state index contributed by atoms with van der Waals surface area (Å²) in [6.45, 7) is 0. The average molecular weight is 468 g/mol. The third-order valence-electron chi connectivity index (χ3n) is 5.37. The minimum absolute atomic E-state index is 0.697. The molecular weight excluding hydrogens is 450 g/mol. The molecule has 0 fully saturated rings. The minimum Gasteiger partial charge on any atom is -0.289 e. The van der Waals surface area contributed by atoms with Crippen LogP contribution in [0.1, 0.15) is 0 Å². The Balaban J connectivity index is 1.49. The maximum Gasteiger partial charge on any atom is 0.209 e. The molecule has 7 heteroatoms. The fraction of sp³-hybridized carbons (Fsp3) is 0. The molecule has 0 aliphatic carbocycles. The maximum absolute atomic E-state index is 6.12. The van der Waals surface area contributed by atoms with Gasteiger partial charge in [-0.25, -0.2) is 14.2 Å². The maximum atomic E-state index is 6.12. The summed E-state index contributed by atoms with van der Waals surface area (Å²) < 4.78 is 3.95. The third-order valence-corrected chi connectivity index (χ3v) is 6.46. The lowest BCUT2D eigenvalue weighted by atomic mass is 10.1. The summed E-state index contributed by atoms with van der Waals surface area (Å²) in [7, 11) is 0. The second-order valence-corrected chi connectivity index (χ2v) is 8.84. The monoisotopic (exact) mass is 467 g/mol. The van der Waals surface area contributed by atoms with Crippen LogP contribution in [0.4, 0.5) is 5.69 Å². The van der Waals surface area contributed by atoms with Crippen molar-refractivity contribution in [1.29, 1.82) is 0 Å². The van der Waals surface area contributed by atoms with Crippen LogP contribution in [0.5, 0.6) is 0 Å². The van der Waals surface area contributed by atoms with Crippen LogP contribution in [-0.2, 0) is 0 Å². The number of halogens is 1. The predicted octanol–water partition coefficient (Wildman–Crippen LogP) is 6.73. The molecule has 0 saturated carbocycles. The molecule has 5 nitrogen and oxygen atoms in total. The molecule has 0 atom stereocenters. The minimum atomic E-state index is 0.697. The van der Waals surface area contributed by atoms with E-state index in [1.807, 2.05) is 82.0 Å². The van der Waals surface area contributed by atoms with Gasteiger partial charge in [0.05, 0.1) is 28.3 Å². The number of thiazole rings is 1. The molecule has 6 aromatic rings. The van der Waals surface area contributed by atoms with E-state index in [0.29, 0.717) is 5.02 Å². The number of aromatic nitrogens is 4. The van der Waals surface area contributed by atoms with Gasteiger partial charge in [-0.05, 0) is 48.5 Å². The predicted molar refractivity (Wildman–Crippen MR) is 134 cm³/mol. The van der Waals surface area contributed by atoms with Gasteiger partial charge in [0.1, 0.15) is 5.69 Å². The fourth-order valence-electron chi connectivity index (χ4n) is 3.77. The van der Waals surface area contributed by atoms with Gasteiger partial charge in [0.2, 0.25) is 4.80 Å². The highest BCUT2D eigenvalue weighted by Crippen LogP contribution is 2.29. The summed E-state index contributed by atoms with van der Waals surface area (Å²) in [5.74, 6) is 0. The van der Waals surface area contributed by atoms with E-state index in [1.54, 1.807) is 11.3 Å². The SMILES string of the molecule is Clc1ccc(-n2nc(-c3cc4csc(=Nc5ccccc5)n4[nH]3)cc2-c2ccccc2)cc1. The number of hydrogen-bond donors (Lipinski definition) is 1. The van der Waals surface area contributed by atoms with E-state index in [0.717, 1.165) is 44.3 Å². The molecule has 0 radical (unpaired) electrons. The van der Waals surface area contributed by atoms with E-state index in [2.05, 4.69) is 34.7 Å². The van der Waals surface area contributed by atoms with Gasteiger partial charge in [-0.3, -0.25) is 5.10 Å². The Kier molecular flexibility index (Phi) is 4.94. The molecule has 0 aliphatic rings. The van der Waals surface area contributed by atoms with E-state index < -0.39 is 0 Å². The van der Waals surface area contributed by atoms with Gasteiger partial charge in [0, 0.05) is 16.0 Å². The number of benzene rings is 3. The Hall–Kier alpha value is -3.87. The molecule has 3 aromatic heterocycles. The first-order valence-electron chi connectivity index (χ1n) is 10.5. The van der Waals surface area contributed by atoms with Crippen molar-refractivity contribution in [2.45, 2.75) is 0 Å². The standard InChI is InChI=1S/C26H18ClN5S/c27-19-11-13-21(14-12-19)31-25(18-7-3-1-4-8-18)16-24(29-31)23-15-22-17-33-26(32(22)30-23)28-20-9-5-2-6-10-20/h1-17,30H. The number of rotatable bonds is 4. The highest BCUT2D eigenvalue weighted by molar-refractivity contribution is 7.07. The number of fused-ring (bicyclic) bond motifs is 1. The van der Waals surface area contributed by atoms with Crippen LogP contribution in [0.15, 0.2) is 107 Å². The average Bonchev–Trinajstić information content (AvgIpc) is 3.56. The van der Waals surface area contributed by atoms with Crippen LogP contribution in [0, 0.1) is 0 Å². The van der Waals surface area contributed by atoms with Crippen LogP contribution in [0.3, 0.4) is 0 Å². The van der Waals surface area contributed by atoms with Gasteiger partial charge < -0.3 is 0 Å². The van der Waals surface area contributed by atoms with Crippen molar-refractivity contribution >= 4 is 34.1 Å². The van der Waals surface area contributed by atoms with Crippen LogP contribution < -0.4 is 4.80 Å². The van der Waals surface area contributed by atoms with Gasteiger partial charge in [-0.2, -0.15) is 5.10 Å². The first kappa shape index (κ1) is 19.8. The second-order valence-electron chi connectivity index (χ2n) is 7.56. The molecule has 33 heavy (non-hydrogen) atoms. The Morgan fingerprint density at radius 2 is 1.58 bits per heavy atom. The van der Waals surface area contributed by atoms with Crippen molar-refractivity contribution < 1.29 is 0 Å². The smallest absolute Gasteiger partial charge is 0.209 e. The molecule has 3 heterocycles. The molecule has 6 rings (SSSR count). The Morgan fingerprint density at radius 1 is 0.848 bits per heavy atom. The quantitative estimate of drug-likeness (QED) is 0.307. The van der Waals surface area contributed by atoms with E-state index in [4.69, 9.17) is 21.7 Å². The van der Waals surface area contributed by atoms with Gasteiger partial charge in [0.15, 0.2) is 0 Å². The number of H-pyrrole nitrogens is 1. The number of aromatic amines is 1.